The Hall–Kier alpha value is -0.610. The van der Waals surface area contributed by atoms with Gasteiger partial charge in [0.1, 0.15) is 0 Å². The van der Waals surface area contributed by atoms with Gasteiger partial charge in [-0.2, -0.15) is 0 Å². The highest BCUT2D eigenvalue weighted by atomic mass is 16.5. The van der Waals surface area contributed by atoms with Crippen LogP contribution in [0.2, 0.25) is 0 Å². The lowest BCUT2D eigenvalue weighted by molar-refractivity contribution is -0.138. The summed E-state index contributed by atoms with van der Waals surface area (Å²) in [6.07, 6.45) is 4.53. The fraction of sp³-hybridized carbons (Fsp3) is 0.929. The largest absolute Gasteiger partial charge is 0.381 e. The molecule has 2 rings (SSSR count). The van der Waals surface area contributed by atoms with Crippen LogP contribution in [0.1, 0.15) is 46.5 Å². The van der Waals surface area contributed by atoms with Gasteiger partial charge in [-0.05, 0) is 25.2 Å². The van der Waals surface area contributed by atoms with E-state index in [-0.39, 0.29) is 12.2 Å². The van der Waals surface area contributed by atoms with E-state index in [1.165, 1.54) is 0 Å². The van der Waals surface area contributed by atoms with E-state index in [1.807, 2.05) is 0 Å². The van der Waals surface area contributed by atoms with Gasteiger partial charge in [-0.15, -0.1) is 0 Å². The number of hydrogen-bond donors (Lipinski definition) is 1. The summed E-state index contributed by atoms with van der Waals surface area (Å²) < 4.78 is 5.32. The van der Waals surface area contributed by atoms with Crippen molar-refractivity contribution >= 4 is 5.91 Å². The molecule has 1 N–H and O–H groups in total. The maximum atomic E-state index is 12.5. The van der Waals surface area contributed by atoms with E-state index in [4.69, 9.17) is 4.74 Å². The molecule has 0 aromatic heterocycles. The van der Waals surface area contributed by atoms with Gasteiger partial charge in [0.05, 0.1) is 18.3 Å². The van der Waals surface area contributed by atoms with E-state index >= 15 is 0 Å². The standard InChI is InChI=1S/C14H26N2O2/c1-5-6-12-14(17)16(13(15-12)9(2)3)10-7-11(8-10)18-4/h9-13,15H,5-8H2,1-4H3. The number of rotatable bonds is 5. The summed E-state index contributed by atoms with van der Waals surface area (Å²) in [4.78, 5) is 14.6. The van der Waals surface area contributed by atoms with E-state index in [0.717, 1.165) is 25.7 Å². The number of carbonyl (C=O) groups excluding carboxylic acids is 1. The molecule has 1 aliphatic carbocycles. The average molecular weight is 254 g/mol. The predicted octanol–water partition coefficient (Wildman–Crippen LogP) is 1.75. The smallest absolute Gasteiger partial charge is 0.241 e. The summed E-state index contributed by atoms with van der Waals surface area (Å²) in [7, 11) is 1.75. The van der Waals surface area contributed by atoms with Crippen LogP contribution in [0.25, 0.3) is 0 Å². The number of amides is 1. The third-order valence-corrected chi connectivity index (χ3v) is 4.23. The molecule has 1 amide bonds. The lowest BCUT2D eigenvalue weighted by atomic mass is 9.87. The van der Waals surface area contributed by atoms with E-state index in [9.17, 15) is 4.79 Å². The van der Waals surface area contributed by atoms with Crippen LogP contribution in [0.5, 0.6) is 0 Å². The monoisotopic (exact) mass is 254 g/mol. The van der Waals surface area contributed by atoms with Crippen LogP contribution in [-0.2, 0) is 9.53 Å². The van der Waals surface area contributed by atoms with Gasteiger partial charge in [0, 0.05) is 13.2 Å². The van der Waals surface area contributed by atoms with Crippen molar-refractivity contribution in [2.45, 2.75) is 70.8 Å². The summed E-state index contributed by atoms with van der Waals surface area (Å²) in [5.41, 5.74) is 0. The molecule has 4 nitrogen and oxygen atoms in total. The van der Waals surface area contributed by atoms with Crippen molar-refractivity contribution < 1.29 is 9.53 Å². The van der Waals surface area contributed by atoms with Crippen LogP contribution in [0.15, 0.2) is 0 Å². The number of methoxy groups -OCH3 is 1. The molecule has 0 aromatic carbocycles. The quantitative estimate of drug-likeness (QED) is 0.812. The van der Waals surface area contributed by atoms with Gasteiger partial charge >= 0.3 is 0 Å². The van der Waals surface area contributed by atoms with E-state index in [1.54, 1.807) is 7.11 Å². The van der Waals surface area contributed by atoms with Crippen LogP contribution in [0.4, 0.5) is 0 Å². The zero-order valence-corrected chi connectivity index (χ0v) is 12.0. The lowest BCUT2D eigenvalue weighted by Crippen LogP contribution is -2.54. The van der Waals surface area contributed by atoms with Crippen molar-refractivity contribution in [2.75, 3.05) is 7.11 Å². The molecule has 2 atom stereocenters. The van der Waals surface area contributed by atoms with Crippen molar-refractivity contribution in [2.24, 2.45) is 5.92 Å². The molecular formula is C14H26N2O2. The Labute approximate surface area is 110 Å². The number of carbonyl (C=O) groups is 1. The normalized spacial score (nSPS) is 36.3. The van der Waals surface area contributed by atoms with Gasteiger partial charge in [0.2, 0.25) is 5.91 Å². The molecule has 1 saturated carbocycles. The number of nitrogens with zero attached hydrogens (tertiary/aromatic N) is 1. The second kappa shape index (κ2) is 5.57. The van der Waals surface area contributed by atoms with Crippen LogP contribution in [0, 0.1) is 5.92 Å². The maximum Gasteiger partial charge on any atom is 0.241 e. The Balaban J connectivity index is 2.03. The minimum Gasteiger partial charge on any atom is -0.381 e. The second-order valence-corrected chi connectivity index (χ2v) is 5.93. The van der Waals surface area contributed by atoms with E-state index in [0.29, 0.717) is 24.0 Å². The van der Waals surface area contributed by atoms with E-state index < -0.39 is 0 Å². The van der Waals surface area contributed by atoms with Crippen molar-refractivity contribution in [3.05, 3.63) is 0 Å². The molecule has 2 fully saturated rings. The number of hydrogen-bond acceptors (Lipinski definition) is 3. The summed E-state index contributed by atoms with van der Waals surface area (Å²) in [5.74, 6) is 0.757. The first-order valence-corrected chi connectivity index (χ1v) is 7.19. The molecule has 0 bridgehead atoms. The minimum atomic E-state index is 0.0315. The van der Waals surface area contributed by atoms with Crippen molar-refractivity contribution in [1.82, 2.24) is 10.2 Å². The topological polar surface area (TPSA) is 41.6 Å². The summed E-state index contributed by atoms with van der Waals surface area (Å²) >= 11 is 0. The van der Waals surface area contributed by atoms with Crippen LogP contribution in [0.3, 0.4) is 0 Å². The highest BCUT2D eigenvalue weighted by Crippen LogP contribution is 2.33. The molecule has 0 spiro atoms. The lowest BCUT2D eigenvalue weighted by Gasteiger charge is -2.43. The second-order valence-electron chi connectivity index (χ2n) is 5.93. The first-order valence-electron chi connectivity index (χ1n) is 7.19. The minimum absolute atomic E-state index is 0.0315. The van der Waals surface area contributed by atoms with Crippen LogP contribution >= 0.6 is 0 Å². The molecule has 1 saturated heterocycles. The molecule has 0 radical (unpaired) electrons. The number of ether oxygens (including phenoxy) is 1. The Morgan fingerprint density at radius 2 is 2.11 bits per heavy atom. The molecule has 1 heterocycles. The van der Waals surface area contributed by atoms with Crippen molar-refractivity contribution in [1.29, 1.82) is 0 Å². The van der Waals surface area contributed by atoms with Crippen LogP contribution < -0.4 is 5.32 Å². The first kappa shape index (κ1) is 13.8. The average Bonchev–Trinajstić information content (AvgIpc) is 2.57. The van der Waals surface area contributed by atoms with E-state index in [2.05, 4.69) is 31.0 Å². The molecule has 1 aliphatic heterocycles. The summed E-state index contributed by atoms with van der Waals surface area (Å²) in [6.45, 7) is 6.49. The van der Waals surface area contributed by atoms with Gasteiger partial charge < -0.3 is 9.64 Å². The zero-order chi connectivity index (χ0) is 13.3. The van der Waals surface area contributed by atoms with Gasteiger partial charge in [-0.1, -0.05) is 27.2 Å². The van der Waals surface area contributed by atoms with Gasteiger partial charge in [0.25, 0.3) is 0 Å². The van der Waals surface area contributed by atoms with Gasteiger partial charge in [0.15, 0.2) is 0 Å². The molecule has 104 valence electrons. The molecular weight excluding hydrogens is 228 g/mol. The third-order valence-electron chi connectivity index (χ3n) is 4.23. The van der Waals surface area contributed by atoms with Crippen molar-refractivity contribution in [3.63, 3.8) is 0 Å². The maximum absolute atomic E-state index is 12.5. The Morgan fingerprint density at radius 3 is 2.61 bits per heavy atom. The molecule has 4 heteroatoms. The van der Waals surface area contributed by atoms with Crippen molar-refractivity contribution in [3.8, 4) is 0 Å². The van der Waals surface area contributed by atoms with Crippen LogP contribution in [-0.4, -0.2) is 42.3 Å². The Morgan fingerprint density at radius 1 is 1.44 bits per heavy atom. The first-order chi connectivity index (χ1) is 8.58. The highest BCUT2D eigenvalue weighted by molar-refractivity contribution is 5.84. The number of nitrogens with one attached hydrogen (secondary N) is 1. The molecule has 0 aromatic rings. The molecule has 18 heavy (non-hydrogen) atoms. The fourth-order valence-electron chi connectivity index (χ4n) is 3.05. The predicted molar refractivity (Wildman–Crippen MR) is 71.1 cm³/mol. The zero-order valence-electron chi connectivity index (χ0n) is 12.0. The van der Waals surface area contributed by atoms with Gasteiger partial charge in [-0.25, -0.2) is 0 Å². The molecule has 2 aliphatic rings. The highest BCUT2D eigenvalue weighted by Gasteiger charge is 2.47. The van der Waals surface area contributed by atoms with Gasteiger partial charge in [-0.3, -0.25) is 10.1 Å². The SMILES string of the molecule is CCCC1NC(C(C)C)N(C2CC(OC)C2)C1=O. The molecule has 2 unspecified atom stereocenters. The third kappa shape index (κ3) is 2.41. The Bertz CT molecular complexity index is 300. The summed E-state index contributed by atoms with van der Waals surface area (Å²) in [6, 6.07) is 0.410. The Kier molecular flexibility index (Phi) is 4.28. The fourth-order valence-corrected chi connectivity index (χ4v) is 3.05. The summed E-state index contributed by atoms with van der Waals surface area (Å²) in [5, 5.41) is 3.51.